The first-order chi connectivity index (χ1) is 23.6. The second kappa shape index (κ2) is 11.0. The molecule has 0 N–H and O–H groups in total. The van der Waals surface area contributed by atoms with Gasteiger partial charge in [0.2, 0.25) is 0 Å². The molecule has 5 heterocycles. The van der Waals surface area contributed by atoms with Gasteiger partial charge in [0.25, 0.3) is 0 Å². The number of anilines is 2. The highest BCUT2D eigenvalue weighted by molar-refractivity contribution is 6.14. The third-order valence-electron chi connectivity index (χ3n) is 9.55. The Kier molecular flexibility index (Phi) is 6.40. The first-order valence-corrected chi connectivity index (χ1v) is 16.2. The topological polar surface area (TPSA) is 54.8 Å². The molecule has 4 aromatic heterocycles. The molecule has 1 aliphatic carbocycles. The van der Waals surface area contributed by atoms with Crippen molar-refractivity contribution < 1.29 is 0 Å². The molecule has 0 amide bonds. The van der Waals surface area contributed by atoms with Crippen LogP contribution in [0, 0.1) is 0 Å². The van der Waals surface area contributed by atoms with E-state index < -0.39 is 0 Å². The Hall–Kier alpha value is -6.20. The summed E-state index contributed by atoms with van der Waals surface area (Å²) in [5, 5.41) is 0. The second-order valence-corrected chi connectivity index (χ2v) is 12.7. The molecule has 1 aliphatic heterocycles. The Labute approximate surface area is 280 Å². The van der Waals surface area contributed by atoms with E-state index in [0.717, 1.165) is 45.4 Å². The number of pyridine rings is 4. The maximum atomic E-state index is 5.12. The van der Waals surface area contributed by atoms with Crippen LogP contribution in [-0.2, 0) is 5.41 Å². The van der Waals surface area contributed by atoms with Crippen LogP contribution >= 0.6 is 0 Å². The number of benzene rings is 3. The van der Waals surface area contributed by atoms with Gasteiger partial charge in [-0.2, -0.15) is 0 Å². The third kappa shape index (κ3) is 4.39. The van der Waals surface area contributed by atoms with Crippen LogP contribution in [0.25, 0.3) is 56.4 Å². The summed E-state index contributed by atoms with van der Waals surface area (Å²) in [6, 6.07) is 46.7. The summed E-state index contributed by atoms with van der Waals surface area (Å²) < 4.78 is 0. The lowest BCUT2D eigenvalue weighted by Crippen LogP contribution is -2.18. The fourth-order valence-electron chi connectivity index (χ4n) is 7.38. The second-order valence-electron chi connectivity index (χ2n) is 12.7. The Morgan fingerprint density at radius 3 is 1.67 bits per heavy atom. The van der Waals surface area contributed by atoms with Crippen LogP contribution in [0.5, 0.6) is 0 Å². The molecular weight excluding hydrogens is 587 g/mol. The summed E-state index contributed by atoms with van der Waals surface area (Å²) in [4.78, 5) is 21.7. The van der Waals surface area contributed by atoms with E-state index in [-0.39, 0.29) is 5.41 Å². The van der Waals surface area contributed by atoms with E-state index in [4.69, 9.17) is 19.9 Å². The molecule has 0 spiro atoms. The van der Waals surface area contributed by atoms with Gasteiger partial charge >= 0.3 is 0 Å². The number of aromatic nitrogens is 4. The molecule has 0 saturated carbocycles. The van der Waals surface area contributed by atoms with E-state index in [1.54, 1.807) is 0 Å². The zero-order valence-corrected chi connectivity index (χ0v) is 26.7. The van der Waals surface area contributed by atoms with E-state index >= 15 is 0 Å². The smallest absolute Gasteiger partial charge is 0.0915 e. The molecule has 0 radical (unpaired) electrons. The average Bonchev–Trinajstić information content (AvgIpc) is 3.29. The summed E-state index contributed by atoms with van der Waals surface area (Å²) in [5.41, 5.74) is 15.7. The molecule has 2 aliphatic rings. The molecule has 0 atom stereocenters. The zero-order valence-electron chi connectivity index (χ0n) is 26.7. The lowest BCUT2D eigenvalue weighted by Gasteiger charge is -2.29. The van der Waals surface area contributed by atoms with Crippen molar-refractivity contribution in [2.24, 2.45) is 0 Å². The lowest BCUT2D eigenvalue weighted by molar-refractivity contribution is 0.704. The SMILES string of the molecule is CC1(C)C2=C(c3ccc(-c4ccccn4)cc31)N(c1cc(-c3ccccn3)nc(-c3ccccn3)c1)c1ccccc1-c1ccccc12. The van der Waals surface area contributed by atoms with Crippen LogP contribution in [0.15, 0.2) is 152 Å². The van der Waals surface area contributed by atoms with E-state index in [1.807, 2.05) is 67.1 Å². The number of rotatable bonds is 4. The van der Waals surface area contributed by atoms with Gasteiger partial charge in [-0.15, -0.1) is 0 Å². The molecule has 5 nitrogen and oxygen atoms in total. The fourth-order valence-corrected chi connectivity index (χ4v) is 7.38. The maximum absolute atomic E-state index is 5.12. The normalized spacial score (nSPS) is 14.1. The predicted octanol–water partition coefficient (Wildman–Crippen LogP) is 10.2. The van der Waals surface area contributed by atoms with Crippen LogP contribution in [0.3, 0.4) is 0 Å². The molecule has 0 bridgehead atoms. The number of hydrogen-bond donors (Lipinski definition) is 0. The van der Waals surface area contributed by atoms with Crippen molar-refractivity contribution in [3.63, 3.8) is 0 Å². The van der Waals surface area contributed by atoms with Crippen molar-refractivity contribution in [3.05, 3.63) is 169 Å². The van der Waals surface area contributed by atoms with Gasteiger partial charge in [-0.1, -0.05) is 86.6 Å². The van der Waals surface area contributed by atoms with Gasteiger partial charge in [-0.05, 0) is 82.9 Å². The summed E-state index contributed by atoms with van der Waals surface area (Å²) in [7, 11) is 0. The van der Waals surface area contributed by atoms with Crippen LogP contribution in [-0.4, -0.2) is 19.9 Å². The molecule has 7 aromatic rings. The average molecular weight is 618 g/mol. The van der Waals surface area contributed by atoms with Crippen LogP contribution in [0.4, 0.5) is 11.4 Å². The summed E-state index contributed by atoms with van der Waals surface area (Å²) in [6.45, 7) is 4.71. The van der Waals surface area contributed by atoms with Crippen LogP contribution < -0.4 is 4.90 Å². The Balaban J connectivity index is 1.37. The van der Waals surface area contributed by atoms with Gasteiger partial charge in [0.15, 0.2) is 0 Å². The van der Waals surface area contributed by atoms with Crippen LogP contribution in [0.1, 0.15) is 30.5 Å². The summed E-state index contributed by atoms with van der Waals surface area (Å²) in [6.07, 6.45) is 5.49. The summed E-state index contributed by atoms with van der Waals surface area (Å²) in [5.74, 6) is 0. The molecule has 9 rings (SSSR count). The van der Waals surface area contributed by atoms with E-state index in [2.05, 4.69) is 104 Å². The van der Waals surface area contributed by atoms with Gasteiger partial charge in [0, 0.05) is 40.7 Å². The van der Waals surface area contributed by atoms with E-state index in [1.165, 1.54) is 39.1 Å². The molecule has 3 aromatic carbocycles. The van der Waals surface area contributed by atoms with Crippen molar-refractivity contribution >= 4 is 22.6 Å². The zero-order chi connectivity index (χ0) is 32.2. The van der Waals surface area contributed by atoms with Gasteiger partial charge < -0.3 is 4.90 Å². The molecule has 0 unspecified atom stereocenters. The van der Waals surface area contributed by atoms with Crippen molar-refractivity contribution in [1.82, 2.24) is 19.9 Å². The first kappa shape index (κ1) is 28.1. The number of fused-ring (bicyclic) bond motifs is 6. The quantitative estimate of drug-likeness (QED) is 0.197. The Morgan fingerprint density at radius 1 is 0.479 bits per heavy atom. The molecule has 228 valence electrons. The fraction of sp³-hybridized carbons (Fsp3) is 0.0698. The van der Waals surface area contributed by atoms with Gasteiger partial charge in [-0.3, -0.25) is 15.0 Å². The van der Waals surface area contributed by atoms with Crippen molar-refractivity contribution in [2.75, 3.05) is 4.90 Å². The lowest BCUT2D eigenvalue weighted by atomic mass is 9.76. The highest BCUT2D eigenvalue weighted by Gasteiger charge is 2.44. The number of nitrogens with zero attached hydrogens (tertiary/aromatic N) is 5. The van der Waals surface area contributed by atoms with Gasteiger partial charge in [0.05, 0.1) is 45.5 Å². The first-order valence-electron chi connectivity index (χ1n) is 16.2. The standard InChI is InChI=1S/C43H31N5/c1-43(2)34-25-28(35-16-7-10-22-44-35)20-21-33(34)42-41(43)32-15-4-3-13-30(32)31-14-5-6-19-40(31)48(42)29-26-38(36-17-8-11-23-45-36)47-39(27-29)37-18-9-12-24-46-37/h3-27H,1-2H3. The largest absolute Gasteiger partial charge is 0.309 e. The molecule has 0 saturated heterocycles. The van der Waals surface area contributed by atoms with E-state index in [0.29, 0.717) is 0 Å². The van der Waals surface area contributed by atoms with Crippen molar-refractivity contribution in [3.8, 4) is 45.2 Å². The third-order valence-corrected chi connectivity index (χ3v) is 9.55. The number of hydrogen-bond acceptors (Lipinski definition) is 5. The van der Waals surface area contributed by atoms with Crippen molar-refractivity contribution in [1.29, 1.82) is 0 Å². The highest BCUT2D eigenvalue weighted by Crippen LogP contribution is 2.59. The number of para-hydroxylation sites is 1. The minimum absolute atomic E-state index is 0.313. The monoisotopic (exact) mass is 617 g/mol. The number of allylic oxidation sites excluding steroid dienone is 1. The molecule has 5 heteroatoms. The van der Waals surface area contributed by atoms with Crippen molar-refractivity contribution in [2.45, 2.75) is 19.3 Å². The minimum Gasteiger partial charge on any atom is -0.309 e. The molecule has 48 heavy (non-hydrogen) atoms. The maximum Gasteiger partial charge on any atom is 0.0915 e. The molecule has 0 fully saturated rings. The minimum atomic E-state index is -0.313. The van der Waals surface area contributed by atoms with Crippen LogP contribution in [0.2, 0.25) is 0 Å². The highest BCUT2D eigenvalue weighted by atomic mass is 15.2. The molecular formula is C43H31N5. The van der Waals surface area contributed by atoms with Gasteiger partial charge in [0.1, 0.15) is 0 Å². The Bertz CT molecular complexity index is 2310. The van der Waals surface area contributed by atoms with E-state index in [9.17, 15) is 0 Å². The van der Waals surface area contributed by atoms with Gasteiger partial charge in [-0.25, -0.2) is 4.98 Å². The predicted molar refractivity (Wildman–Crippen MR) is 194 cm³/mol. The summed E-state index contributed by atoms with van der Waals surface area (Å²) >= 11 is 0. The Morgan fingerprint density at radius 2 is 1.04 bits per heavy atom.